The zero-order chi connectivity index (χ0) is 10.1. The van der Waals surface area contributed by atoms with E-state index in [1.54, 1.807) is 0 Å². The van der Waals surface area contributed by atoms with E-state index in [-0.39, 0.29) is 5.92 Å². The number of likely N-dealkylation sites (N-methyl/N-ethyl adjacent to an activating group) is 1. The number of carbonyl (C=O) groups excluding carboxylic acids is 1. The Kier molecular flexibility index (Phi) is 2.91. The maximum Gasteiger partial charge on any atom is 0.147 e. The molecule has 0 aromatic carbocycles. The molecule has 1 aliphatic rings. The van der Waals surface area contributed by atoms with Crippen LogP contribution in [0.4, 0.5) is 0 Å². The Morgan fingerprint density at radius 3 is 2.77 bits per heavy atom. The number of hydrogen-bond donors (Lipinski definition) is 0. The van der Waals surface area contributed by atoms with Crippen LogP contribution in [0.5, 0.6) is 0 Å². The molecule has 2 nitrogen and oxygen atoms in total. The lowest BCUT2D eigenvalue weighted by molar-refractivity contribution is -0.930. The standard InChI is InChI=1S/C11H20NO/c1-5-6-12(4)8-9(2)11(13)7-10(12)3/h5,9-10H,1,6-8H2,2-4H3/q+1/t9-,10-,12?/m0/s1. The number of nitrogens with zero attached hydrogens (tertiary/aromatic N) is 1. The van der Waals surface area contributed by atoms with Gasteiger partial charge in [0.25, 0.3) is 0 Å². The quantitative estimate of drug-likeness (QED) is 0.468. The molecule has 2 heteroatoms. The van der Waals surface area contributed by atoms with Gasteiger partial charge in [-0.3, -0.25) is 4.79 Å². The Bertz CT molecular complexity index is 224. The van der Waals surface area contributed by atoms with Crippen molar-refractivity contribution in [2.75, 3.05) is 20.1 Å². The number of quaternary nitrogens is 1. The van der Waals surface area contributed by atoms with Crippen LogP contribution < -0.4 is 0 Å². The maximum absolute atomic E-state index is 11.5. The van der Waals surface area contributed by atoms with Gasteiger partial charge in [-0.25, -0.2) is 0 Å². The SMILES string of the molecule is C=CC[N+]1(C)C[C@H](C)C(=O)C[C@@H]1C. The number of rotatable bonds is 2. The second kappa shape index (κ2) is 3.62. The Hall–Kier alpha value is -0.630. The summed E-state index contributed by atoms with van der Waals surface area (Å²) < 4.78 is 0.969. The van der Waals surface area contributed by atoms with E-state index < -0.39 is 0 Å². The first-order chi connectivity index (χ1) is 5.99. The van der Waals surface area contributed by atoms with Crippen LogP contribution in [-0.2, 0) is 4.79 Å². The summed E-state index contributed by atoms with van der Waals surface area (Å²) in [6.07, 6.45) is 2.69. The highest BCUT2D eigenvalue weighted by Crippen LogP contribution is 2.24. The third-order valence-electron chi connectivity index (χ3n) is 3.35. The fourth-order valence-electron chi connectivity index (χ4n) is 2.17. The van der Waals surface area contributed by atoms with E-state index in [2.05, 4.69) is 20.6 Å². The van der Waals surface area contributed by atoms with E-state index in [4.69, 9.17) is 0 Å². The largest absolute Gasteiger partial charge is 0.320 e. The monoisotopic (exact) mass is 182 g/mol. The fraction of sp³-hybridized carbons (Fsp3) is 0.727. The Morgan fingerprint density at radius 1 is 1.62 bits per heavy atom. The van der Waals surface area contributed by atoms with Crippen molar-refractivity contribution in [1.82, 2.24) is 0 Å². The van der Waals surface area contributed by atoms with E-state index in [0.29, 0.717) is 11.8 Å². The van der Waals surface area contributed by atoms with Crippen LogP contribution in [0.2, 0.25) is 0 Å². The molecule has 1 fully saturated rings. The van der Waals surface area contributed by atoms with Crippen LogP contribution in [-0.4, -0.2) is 36.4 Å². The summed E-state index contributed by atoms with van der Waals surface area (Å²) in [6.45, 7) is 9.91. The van der Waals surface area contributed by atoms with Gasteiger partial charge >= 0.3 is 0 Å². The van der Waals surface area contributed by atoms with E-state index >= 15 is 0 Å². The smallest absolute Gasteiger partial charge is 0.147 e. The van der Waals surface area contributed by atoms with Gasteiger partial charge in [0.05, 0.1) is 38.5 Å². The third kappa shape index (κ3) is 1.99. The topological polar surface area (TPSA) is 17.1 Å². The highest BCUT2D eigenvalue weighted by Gasteiger charge is 2.38. The van der Waals surface area contributed by atoms with Crippen molar-refractivity contribution in [3.05, 3.63) is 12.7 Å². The van der Waals surface area contributed by atoms with Crippen LogP contribution in [0.15, 0.2) is 12.7 Å². The van der Waals surface area contributed by atoms with E-state index in [1.165, 1.54) is 0 Å². The average molecular weight is 182 g/mol. The number of carbonyl (C=O) groups is 1. The minimum Gasteiger partial charge on any atom is -0.320 e. The third-order valence-corrected chi connectivity index (χ3v) is 3.35. The van der Waals surface area contributed by atoms with Gasteiger partial charge < -0.3 is 4.48 Å². The highest BCUT2D eigenvalue weighted by atomic mass is 16.1. The van der Waals surface area contributed by atoms with Crippen LogP contribution in [0.25, 0.3) is 0 Å². The van der Waals surface area contributed by atoms with Crippen molar-refractivity contribution in [1.29, 1.82) is 0 Å². The Balaban J connectivity index is 2.75. The lowest BCUT2D eigenvalue weighted by Crippen LogP contribution is -2.58. The molecule has 0 aromatic rings. The molecular weight excluding hydrogens is 162 g/mol. The van der Waals surface area contributed by atoms with Crippen molar-refractivity contribution < 1.29 is 9.28 Å². The zero-order valence-electron chi connectivity index (χ0n) is 8.92. The van der Waals surface area contributed by atoms with Gasteiger partial charge in [-0.2, -0.15) is 0 Å². The lowest BCUT2D eigenvalue weighted by atomic mass is 9.91. The fourth-order valence-corrected chi connectivity index (χ4v) is 2.17. The van der Waals surface area contributed by atoms with E-state index in [9.17, 15) is 4.79 Å². The summed E-state index contributed by atoms with van der Waals surface area (Å²) in [5.41, 5.74) is 0. The molecule has 0 N–H and O–H groups in total. The highest BCUT2D eigenvalue weighted by molar-refractivity contribution is 5.81. The van der Waals surface area contributed by atoms with Crippen molar-refractivity contribution in [3.8, 4) is 0 Å². The van der Waals surface area contributed by atoms with Crippen molar-refractivity contribution in [2.45, 2.75) is 26.3 Å². The van der Waals surface area contributed by atoms with Crippen molar-refractivity contribution in [2.24, 2.45) is 5.92 Å². The molecular formula is C11H20NO+. The van der Waals surface area contributed by atoms with Crippen LogP contribution in [0.3, 0.4) is 0 Å². The lowest BCUT2D eigenvalue weighted by Gasteiger charge is -2.44. The van der Waals surface area contributed by atoms with Gasteiger partial charge in [-0.1, -0.05) is 13.5 Å². The first kappa shape index (κ1) is 10.5. The molecule has 0 bridgehead atoms. The zero-order valence-corrected chi connectivity index (χ0v) is 8.92. The van der Waals surface area contributed by atoms with Gasteiger partial charge in [0.1, 0.15) is 5.78 Å². The molecule has 3 atom stereocenters. The molecule has 74 valence electrons. The normalized spacial score (nSPS) is 40.4. The average Bonchev–Trinajstić information content (AvgIpc) is 2.02. The molecule has 0 spiro atoms. The van der Waals surface area contributed by atoms with Crippen LogP contribution >= 0.6 is 0 Å². The van der Waals surface area contributed by atoms with Crippen LogP contribution in [0, 0.1) is 5.92 Å². The number of hydrogen-bond acceptors (Lipinski definition) is 1. The van der Waals surface area contributed by atoms with Gasteiger partial charge in [0.2, 0.25) is 0 Å². The van der Waals surface area contributed by atoms with E-state index in [1.807, 2.05) is 13.0 Å². The summed E-state index contributed by atoms with van der Waals surface area (Å²) in [5, 5.41) is 0. The minimum absolute atomic E-state index is 0.223. The summed E-state index contributed by atoms with van der Waals surface area (Å²) in [6, 6.07) is 0.446. The molecule has 1 aliphatic heterocycles. The molecule has 1 unspecified atom stereocenters. The second-order valence-corrected chi connectivity index (χ2v) is 4.55. The molecule has 0 saturated carbocycles. The first-order valence-electron chi connectivity index (χ1n) is 4.97. The van der Waals surface area contributed by atoms with E-state index in [0.717, 1.165) is 24.0 Å². The number of ketones is 1. The predicted molar refractivity (Wildman–Crippen MR) is 54.4 cm³/mol. The molecule has 1 rings (SSSR count). The van der Waals surface area contributed by atoms with Crippen molar-refractivity contribution in [3.63, 3.8) is 0 Å². The van der Waals surface area contributed by atoms with Crippen molar-refractivity contribution >= 4 is 5.78 Å². The Labute approximate surface area is 80.8 Å². The van der Waals surface area contributed by atoms with Gasteiger partial charge in [0, 0.05) is 0 Å². The van der Waals surface area contributed by atoms with Crippen LogP contribution in [0.1, 0.15) is 20.3 Å². The summed E-state index contributed by atoms with van der Waals surface area (Å²) in [5.74, 6) is 0.647. The molecule has 0 aliphatic carbocycles. The molecule has 1 saturated heterocycles. The minimum atomic E-state index is 0.223. The summed E-state index contributed by atoms with van der Waals surface area (Å²) >= 11 is 0. The predicted octanol–water partition coefficient (Wildman–Crippen LogP) is 1.62. The van der Waals surface area contributed by atoms with Gasteiger partial charge in [0.15, 0.2) is 0 Å². The molecule has 0 aromatic heterocycles. The molecule has 0 amide bonds. The van der Waals surface area contributed by atoms with Gasteiger partial charge in [-0.15, -0.1) is 0 Å². The number of Topliss-reactive ketones (excluding diaryl/α,β-unsaturated/α-hetero) is 1. The molecule has 1 heterocycles. The maximum atomic E-state index is 11.5. The first-order valence-corrected chi connectivity index (χ1v) is 4.97. The number of likely N-dealkylation sites (tertiary alicyclic amines) is 1. The summed E-state index contributed by atoms with van der Waals surface area (Å²) in [4.78, 5) is 11.5. The molecule has 13 heavy (non-hydrogen) atoms. The number of piperidine rings is 1. The van der Waals surface area contributed by atoms with Gasteiger partial charge in [-0.05, 0) is 13.0 Å². The second-order valence-electron chi connectivity index (χ2n) is 4.55. The Morgan fingerprint density at radius 2 is 2.23 bits per heavy atom. The summed E-state index contributed by atoms with van der Waals surface area (Å²) in [7, 11) is 2.22. The molecule has 0 radical (unpaired) electrons.